The van der Waals surface area contributed by atoms with E-state index in [1.54, 1.807) is 0 Å². The monoisotopic (exact) mass is 279 g/mol. The molecule has 1 amide bonds. The van der Waals surface area contributed by atoms with Gasteiger partial charge in [-0.15, -0.1) is 0 Å². The first-order chi connectivity index (χ1) is 9.49. The molecular weight excluding hydrogens is 265 g/mol. The molecule has 1 aromatic carbocycles. The summed E-state index contributed by atoms with van der Waals surface area (Å²) in [7, 11) is 0. The molecule has 6 nitrogen and oxygen atoms in total. The summed E-state index contributed by atoms with van der Waals surface area (Å²) in [6, 6.07) is 4.13. The van der Waals surface area contributed by atoms with E-state index in [0.29, 0.717) is 29.6 Å². The molecule has 0 bridgehead atoms. The molecule has 20 heavy (non-hydrogen) atoms. The molecule has 1 aromatic heterocycles. The lowest BCUT2D eigenvalue weighted by molar-refractivity contribution is 0.101. The standard InChI is InChI=1S/C13H14FN3O3/c1-8(18)12-10-4-3-9(14)7-11(10)17(16-12)6-2-5-15-13(19)20/h3-4,7,15H,2,5-6H2,1H3,(H,19,20). The van der Waals surface area contributed by atoms with Crippen molar-refractivity contribution in [2.24, 2.45) is 0 Å². The third-order valence-electron chi connectivity index (χ3n) is 2.87. The van der Waals surface area contributed by atoms with Crippen LogP contribution in [-0.4, -0.2) is 33.3 Å². The highest BCUT2D eigenvalue weighted by molar-refractivity contribution is 6.04. The van der Waals surface area contributed by atoms with E-state index in [4.69, 9.17) is 5.11 Å². The zero-order valence-electron chi connectivity index (χ0n) is 10.9. The van der Waals surface area contributed by atoms with Crippen LogP contribution in [0.3, 0.4) is 0 Å². The summed E-state index contributed by atoms with van der Waals surface area (Å²) < 4.78 is 14.8. The molecule has 0 saturated heterocycles. The predicted molar refractivity (Wildman–Crippen MR) is 70.3 cm³/mol. The van der Waals surface area contributed by atoms with Gasteiger partial charge in [-0.1, -0.05) is 0 Å². The Morgan fingerprint density at radius 3 is 2.85 bits per heavy atom. The van der Waals surface area contributed by atoms with Crippen LogP contribution in [0, 0.1) is 5.82 Å². The fourth-order valence-electron chi connectivity index (χ4n) is 2.00. The summed E-state index contributed by atoms with van der Waals surface area (Å²) >= 11 is 0. The number of Topliss-reactive ketones (excluding diaryl/α,β-unsaturated/α-hetero) is 1. The van der Waals surface area contributed by atoms with Gasteiger partial charge in [-0.2, -0.15) is 5.10 Å². The summed E-state index contributed by atoms with van der Waals surface area (Å²) in [5, 5.41) is 15.5. The second-order valence-corrected chi connectivity index (χ2v) is 4.37. The fraction of sp³-hybridized carbons (Fsp3) is 0.308. The van der Waals surface area contributed by atoms with Crippen LogP contribution >= 0.6 is 0 Å². The number of fused-ring (bicyclic) bond motifs is 1. The van der Waals surface area contributed by atoms with Crippen molar-refractivity contribution in [3.63, 3.8) is 0 Å². The summed E-state index contributed by atoms with van der Waals surface area (Å²) in [5.41, 5.74) is 0.830. The zero-order valence-corrected chi connectivity index (χ0v) is 10.9. The Balaban J connectivity index is 2.25. The highest BCUT2D eigenvalue weighted by Gasteiger charge is 2.14. The van der Waals surface area contributed by atoms with Crippen LogP contribution in [0.5, 0.6) is 0 Å². The van der Waals surface area contributed by atoms with Gasteiger partial charge in [0.15, 0.2) is 5.78 Å². The van der Waals surface area contributed by atoms with Crippen molar-refractivity contribution in [2.45, 2.75) is 19.9 Å². The van der Waals surface area contributed by atoms with E-state index < -0.39 is 11.9 Å². The molecule has 0 aliphatic carbocycles. The number of benzene rings is 1. The van der Waals surface area contributed by atoms with Crippen molar-refractivity contribution in [3.8, 4) is 0 Å². The lowest BCUT2D eigenvalue weighted by Gasteiger charge is -2.03. The minimum absolute atomic E-state index is 0.191. The highest BCUT2D eigenvalue weighted by atomic mass is 19.1. The highest BCUT2D eigenvalue weighted by Crippen LogP contribution is 2.20. The zero-order chi connectivity index (χ0) is 14.7. The predicted octanol–water partition coefficient (Wildman–Crippen LogP) is 2.04. The van der Waals surface area contributed by atoms with Crippen molar-refractivity contribution in [2.75, 3.05) is 6.54 Å². The van der Waals surface area contributed by atoms with Crippen molar-refractivity contribution >= 4 is 22.8 Å². The Morgan fingerprint density at radius 2 is 2.20 bits per heavy atom. The summed E-state index contributed by atoms with van der Waals surface area (Å²) in [6.07, 6.45) is -0.595. The Bertz CT molecular complexity index is 666. The number of aryl methyl sites for hydroxylation is 1. The molecule has 0 spiro atoms. The number of carboxylic acid groups (broad SMARTS) is 1. The third-order valence-corrected chi connectivity index (χ3v) is 2.87. The van der Waals surface area contributed by atoms with E-state index >= 15 is 0 Å². The smallest absolute Gasteiger partial charge is 0.404 e. The maximum Gasteiger partial charge on any atom is 0.404 e. The number of rotatable bonds is 5. The Kier molecular flexibility index (Phi) is 3.97. The van der Waals surface area contributed by atoms with Crippen molar-refractivity contribution < 1.29 is 19.1 Å². The first-order valence-electron chi connectivity index (χ1n) is 6.13. The van der Waals surface area contributed by atoms with Crippen molar-refractivity contribution in [1.82, 2.24) is 15.1 Å². The summed E-state index contributed by atoms with van der Waals surface area (Å²) in [6.45, 7) is 2.07. The largest absolute Gasteiger partial charge is 0.465 e. The van der Waals surface area contributed by atoms with Gasteiger partial charge in [0.25, 0.3) is 0 Å². The Morgan fingerprint density at radius 1 is 1.45 bits per heavy atom. The number of carbonyl (C=O) groups is 2. The number of amides is 1. The second kappa shape index (κ2) is 5.68. The molecular formula is C13H14FN3O3. The molecule has 0 aliphatic heterocycles. The third kappa shape index (κ3) is 2.93. The average Bonchev–Trinajstić information content (AvgIpc) is 2.73. The number of nitrogens with one attached hydrogen (secondary N) is 1. The summed E-state index contributed by atoms with van der Waals surface area (Å²) in [5.74, 6) is -0.596. The number of hydrogen-bond donors (Lipinski definition) is 2. The molecule has 7 heteroatoms. The van der Waals surface area contributed by atoms with E-state index in [0.717, 1.165) is 0 Å². The average molecular weight is 279 g/mol. The molecule has 2 aromatic rings. The molecule has 106 valence electrons. The molecule has 0 fully saturated rings. The van der Waals surface area contributed by atoms with Gasteiger partial charge in [0, 0.05) is 25.4 Å². The van der Waals surface area contributed by atoms with E-state index in [1.165, 1.54) is 29.8 Å². The molecule has 0 unspecified atom stereocenters. The van der Waals surface area contributed by atoms with Crippen LogP contribution in [-0.2, 0) is 6.54 Å². The Labute approximate surface area is 114 Å². The molecule has 0 saturated carbocycles. The lowest BCUT2D eigenvalue weighted by atomic mass is 10.1. The number of ketones is 1. The van der Waals surface area contributed by atoms with E-state index in [-0.39, 0.29) is 12.3 Å². The second-order valence-electron chi connectivity index (χ2n) is 4.37. The fourth-order valence-corrected chi connectivity index (χ4v) is 2.00. The van der Waals surface area contributed by atoms with Gasteiger partial charge >= 0.3 is 6.09 Å². The minimum atomic E-state index is -1.09. The van der Waals surface area contributed by atoms with Gasteiger partial charge in [-0.3, -0.25) is 9.48 Å². The maximum atomic E-state index is 13.3. The molecule has 2 rings (SSSR count). The van der Waals surface area contributed by atoms with E-state index in [1.807, 2.05) is 0 Å². The quantitative estimate of drug-likeness (QED) is 0.648. The number of nitrogens with zero attached hydrogens (tertiary/aromatic N) is 2. The van der Waals surface area contributed by atoms with Gasteiger partial charge < -0.3 is 10.4 Å². The molecule has 0 radical (unpaired) electrons. The topological polar surface area (TPSA) is 84.2 Å². The van der Waals surface area contributed by atoms with Gasteiger partial charge in [0.2, 0.25) is 0 Å². The number of hydrogen-bond acceptors (Lipinski definition) is 3. The number of halogens is 1. The summed E-state index contributed by atoms with van der Waals surface area (Å²) in [4.78, 5) is 21.9. The van der Waals surface area contributed by atoms with Gasteiger partial charge in [-0.05, 0) is 24.6 Å². The molecule has 0 aliphatic rings. The first-order valence-corrected chi connectivity index (χ1v) is 6.13. The number of carbonyl (C=O) groups excluding carboxylic acids is 1. The van der Waals surface area contributed by atoms with Crippen LogP contribution < -0.4 is 5.32 Å². The van der Waals surface area contributed by atoms with Crippen molar-refractivity contribution in [3.05, 3.63) is 29.7 Å². The van der Waals surface area contributed by atoms with Gasteiger partial charge in [-0.25, -0.2) is 9.18 Å². The first kappa shape index (κ1) is 14.0. The normalized spacial score (nSPS) is 10.7. The molecule has 0 atom stereocenters. The molecule has 2 N–H and O–H groups in total. The Hall–Kier alpha value is -2.44. The lowest BCUT2D eigenvalue weighted by Crippen LogP contribution is -2.23. The van der Waals surface area contributed by atoms with Crippen molar-refractivity contribution in [1.29, 1.82) is 0 Å². The SMILES string of the molecule is CC(=O)c1nn(CCCNC(=O)O)c2cc(F)ccc12. The van der Waals surface area contributed by atoms with Crippen LogP contribution in [0.1, 0.15) is 23.8 Å². The van der Waals surface area contributed by atoms with Crippen LogP contribution in [0.25, 0.3) is 10.9 Å². The van der Waals surface area contributed by atoms with Crippen LogP contribution in [0.15, 0.2) is 18.2 Å². The van der Waals surface area contributed by atoms with E-state index in [9.17, 15) is 14.0 Å². The van der Waals surface area contributed by atoms with Gasteiger partial charge in [0.05, 0.1) is 5.52 Å². The number of aromatic nitrogens is 2. The minimum Gasteiger partial charge on any atom is -0.465 e. The van der Waals surface area contributed by atoms with Crippen LogP contribution in [0.4, 0.5) is 9.18 Å². The van der Waals surface area contributed by atoms with Gasteiger partial charge in [0.1, 0.15) is 11.5 Å². The maximum absolute atomic E-state index is 13.3. The van der Waals surface area contributed by atoms with E-state index in [2.05, 4.69) is 10.4 Å². The van der Waals surface area contributed by atoms with Crippen LogP contribution in [0.2, 0.25) is 0 Å². The molecule has 1 heterocycles.